The van der Waals surface area contributed by atoms with Crippen molar-refractivity contribution < 1.29 is 19.0 Å². The van der Waals surface area contributed by atoms with Gasteiger partial charge in [-0.1, -0.05) is 0 Å². The molecular weight excluding hydrogens is 402 g/mol. The normalized spacial score (nSPS) is 10.4. The Balaban J connectivity index is 2.06. The molecule has 0 aliphatic rings. The standard InChI is InChI=1S/C19H13FN2O3Se/c1-10-17(19(23)24)26-18(22-10)12-4-6-13(15(9-12)21-2)11-5-7-16(25-3)14(20)8-11/h4-9H,1,3H3,(H,23,24). The monoisotopic (exact) mass is 416 g/mol. The van der Waals surface area contributed by atoms with E-state index in [1.165, 1.54) is 19.2 Å². The van der Waals surface area contributed by atoms with Crippen LogP contribution in [0.2, 0.25) is 0 Å². The summed E-state index contributed by atoms with van der Waals surface area (Å²) in [5.41, 5.74) is 2.73. The van der Waals surface area contributed by atoms with E-state index in [-0.39, 0.29) is 5.75 Å². The quantitative estimate of drug-likeness (QED) is 0.513. The van der Waals surface area contributed by atoms with Crippen molar-refractivity contribution in [3.63, 3.8) is 0 Å². The molecule has 1 heterocycles. The Morgan fingerprint density at radius 2 is 2.00 bits per heavy atom. The number of hydrogen-bond donors (Lipinski definition) is 1. The second-order valence-electron chi connectivity index (χ2n) is 5.43. The van der Waals surface area contributed by atoms with Crippen LogP contribution in [0.5, 0.6) is 5.75 Å². The summed E-state index contributed by atoms with van der Waals surface area (Å²) in [5, 5.41) is 9.20. The van der Waals surface area contributed by atoms with Crippen molar-refractivity contribution in [3.8, 4) is 27.0 Å². The molecule has 0 atom stereocenters. The molecule has 3 aromatic rings. The average Bonchev–Trinajstić information content (AvgIpc) is 3.03. The van der Waals surface area contributed by atoms with Gasteiger partial charge in [-0.25, -0.2) is 0 Å². The fraction of sp³-hybridized carbons (Fsp3) is 0.105. The Morgan fingerprint density at radius 3 is 2.58 bits per heavy atom. The summed E-state index contributed by atoms with van der Waals surface area (Å²) in [6, 6.07) is 9.72. The number of ether oxygens (including phenoxy) is 1. The number of aromatic carboxylic acids is 1. The zero-order valence-electron chi connectivity index (χ0n) is 13.9. The molecule has 0 saturated heterocycles. The van der Waals surface area contributed by atoms with E-state index in [0.717, 1.165) is 0 Å². The Bertz CT molecular complexity index is 1050. The Labute approximate surface area is 155 Å². The van der Waals surface area contributed by atoms with E-state index in [2.05, 4.69) is 9.83 Å². The van der Waals surface area contributed by atoms with Crippen LogP contribution < -0.4 is 4.74 Å². The van der Waals surface area contributed by atoms with Gasteiger partial charge >= 0.3 is 155 Å². The SMILES string of the molecule is [C-]#[N+]c1cc(-c2nc(C)c(C(=O)O)[se]2)ccc1-c1ccc(OC)c(F)c1. The molecule has 0 fully saturated rings. The van der Waals surface area contributed by atoms with Crippen LogP contribution >= 0.6 is 0 Å². The molecule has 1 N–H and O–H groups in total. The van der Waals surface area contributed by atoms with Crippen molar-refractivity contribution in [3.05, 3.63) is 63.8 Å². The van der Waals surface area contributed by atoms with Gasteiger partial charge in [0.2, 0.25) is 0 Å². The number of aryl methyl sites for hydroxylation is 1. The van der Waals surface area contributed by atoms with E-state index in [1.54, 1.807) is 31.2 Å². The van der Waals surface area contributed by atoms with Gasteiger partial charge < -0.3 is 0 Å². The van der Waals surface area contributed by atoms with Crippen molar-refractivity contribution in [1.82, 2.24) is 4.98 Å². The van der Waals surface area contributed by atoms with Crippen molar-refractivity contribution in [1.29, 1.82) is 0 Å². The van der Waals surface area contributed by atoms with Gasteiger partial charge in [0.25, 0.3) is 0 Å². The summed E-state index contributed by atoms with van der Waals surface area (Å²) < 4.78 is 19.9. The van der Waals surface area contributed by atoms with E-state index in [0.29, 0.717) is 37.1 Å². The molecule has 0 amide bonds. The topological polar surface area (TPSA) is 63.8 Å². The molecule has 130 valence electrons. The number of carboxylic acids is 1. The van der Waals surface area contributed by atoms with Gasteiger partial charge in [0.15, 0.2) is 0 Å². The summed E-state index contributed by atoms with van der Waals surface area (Å²) in [4.78, 5) is 19.1. The van der Waals surface area contributed by atoms with E-state index < -0.39 is 26.3 Å². The zero-order chi connectivity index (χ0) is 18.8. The van der Waals surface area contributed by atoms with Gasteiger partial charge in [-0.15, -0.1) is 0 Å². The first-order valence-electron chi connectivity index (χ1n) is 7.51. The third-order valence-corrected chi connectivity index (χ3v) is 6.32. The number of benzene rings is 2. The number of carboxylic acid groups (broad SMARTS) is 1. The molecule has 2 aromatic carbocycles. The van der Waals surface area contributed by atoms with Crippen LogP contribution in [0.4, 0.5) is 10.1 Å². The maximum absolute atomic E-state index is 14.0. The number of nitrogens with zero attached hydrogens (tertiary/aromatic N) is 2. The molecule has 0 spiro atoms. The fourth-order valence-corrected chi connectivity index (χ4v) is 4.44. The van der Waals surface area contributed by atoms with Crippen LogP contribution in [0.3, 0.4) is 0 Å². The average molecular weight is 415 g/mol. The van der Waals surface area contributed by atoms with Crippen LogP contribution in [-0.2, 0) is 0 Å². The summed E-state index contributed by atoms with van der Waals surface area (Å²) in [6.07, 6.45) is 0. The minimum absolute atomic E-state index is 0.139. The zero-order valence-corrected chi connectivity index (χ0v) is 15.6. The van der Waals surface area contributed by atoms with Crippen molar-refractivity contribution in [2.24, 2.45) is 0 Å². The van der Waals surface area contributed by atoms with Crippen LogP contribution in [0.15, 0.2) is 36.4 Å². The van der Waals surface area contributed by atoms with Gasteiger partial charge in [-0.2, -0.15) is 0 Å². The summed E-state index contributed by atoms with van der Waals surface area (Å²) >= 11 is -0.414. The molecule has 26 heavy (non-hydrogen) atoms. The number of carbonyl (C=O) groups is 1. The number of hydrogen-bond acceptors (Lipinski definition) is 3. The van der Waals surface area contributed by atoms with Gasteiger partial charge in [0.1, 0.15) is 0 Å². The third kappa shape index (κ3) is 3.25. The second-order valence-corrected chi connectivity index (χ2v) is 7.53. The summed E-state index contributed by atoms with van der Waals surface area (Å²) in [5.74, 6) is -1.32. The van der Waals surface area contributed by atoms with Gasteiger partial charge in [0.05, 0.1) is 0 Å². The first-order valence-corrected chi connectivity index (χ1v) is 9.22. The summed E-state index contributed by atoms with van der Waals surface area (Å²) in [7, 11) is 1.39. The van der Waals surface area contributed by atoms with Crippen LogP contribution in [-0.4, -0.2) is 37.7 Å². The molecule has 0 saturated carbocycles. The predicted octanol–water partition coefficient (Wildman–Crippen LogP) is 4.18. The number of methoxy groups -OCH3 is 1. The molecule has 0 unspecified atom stereocenters. The summed E-state index contributed by atoms with van der Waals surface area (Å²) in [6.45, 7) is 9.12. The van der Waals surface area contributed by atoms with Crippen molar-refractivity contribution in [2.45, 2.75) is 6.92 Å². The number of halogens is 1. The fourth-order valence-electron chi connectivity index (χ4n) is 2.55. The van der Waals surface area contributed by atoms with E-state index in [9.17, 15) is 14.3 Å². The van der Waals surface area contributed by atoms with Crippen LogP contribution in [0.1, 0.15) is 14.9 Å². The second kappa shape index (κ2) is 7.12. The molecule has 0 aliphatic carbocycles. The first-order chi connectivity index (χ1) is 12.4. The van der Waals surface area contributed by atoms with E-state index in [4.69, 9.17) is 11.3 Å². The van der Waals surface area contributed by atoms with E-state index in [1.807, 2.05) is 0 Å². The molecule has 1 aromatic heterocycles. The molecule has 3 rings (SSSR count). The maximum atomic E-state index is 14.0. The Morgan fingerprint density at radius 1 is 1.27 bits per heavy atom. The molecule has 0 aliphatic heterocycles. The van der Waals surface area contributed by atoms with Crippen LogP contribution in [0, 0.1) is 19.3 Å². The third-order valence-electron chi connectivity index (χ3n) is 3.82. The van der Waals surface area contributed by atoms with Gasteiger partial charge in [-0.05, 0) is 0 Å². The van der Waals surface area contributed by atoms with Crippen molar-refractivity contribution >= 4 is 26.2 Å². The molecule has 0 bridgehead atoms. The predicted molar refractivity (Wildman–Crippen MR) is 96.5 cm³/mol. The molecule has 0 radical (unpaired) electrons. The molecule has 5 nitrogen and oxygen atoms in total. The van der Waals surface area contributed by atoms with Crippen LogP contribution in [0.25, 0.3) is 26.1 Å². The number of aromatic nitrogens is 1. The van der Waals surface area contributed by atoms with Crippen molar-refractivity contribution in [2.75, 3.05) is 7.11 Å². The van der Waals surface area contributed by atoms with E-state index >= 15 is 0 Å². The molecular formula is C19H13FN2O3Se. The first kappa shape index (κ1) is 17.9. The molecule has 7 heteroatoms. The Hall–Kier alpha value is -2.94. The van der Waals surface area contributed by atoms with Gasteiger partial charge in [-0.3, -0.25) is 0 Å². The minimum atomic E-state index is -0.961. The van der Waals surface area contributed by atoms with Gasteiger partial charge in [0, 0.05) is 0 Å². The number of rotatable bonds is 4. The Kier molecular flexibility index (Phi) is 4.90.